The van der Waals surface area contributed by atoms with E-state index >= 15 is 0 Å². The summed E-state index contributed by atoms with van der Waals surface area (Å²) in [7, 11) is -2.82. The summed E-state index contributed by atoms with van der Waals surface area (Å²) in [5, 5.41) is 0. The molecule has 1 saturated heterocycles. The zero-order chi connectivity index (χ0) is 9.31. The van der Waals surface area contributed by atoms with Crippen LogP contribution >= 0.6 is 7.94 Å². The standard InChI is InChI=1S/C9H15O3P/c1-8-4-2-5-9(8)13(10)11-6-3-7-12-13/h9H,1-7H2. The fraction of sp³-hybridized carbons (Fsp3) is 0.778. The molecule has 1 saturated carbocycles. The van der Waals surface area contributed by atoms with Gasteiger partial charge >= 0.3 is 0 Å². The van der Waals surface area contributed by atoms with Crippen molar-refractivity contribution in [2.75, 3.05) is 13.2 Å². The van der Waals surface area contributed by atoms with Gasteiger partial charge in [0.2, 0.25) is 7.94 Å². The fourth-order valence-corrected chi connectivity index (χ4v) is 4.21. The van der Waals surface area contributed by atoms with Crippen molar-refractivity contribution in [1.82, 2.24) is 0 Å². The van der Waals surface area contributed by atoms with Gasteiger partial charge in [0, 0.05) is 6.42 Å². The van der Waals surface area contributed by atoms with Gasteiger partial charge < -0.3 is 4.89 Å². The molecule has 1 aliphatic heterocycles. The molecule has 1 aliphatic carbocycles. The maximum atomic E-state index is 12.1. The minimum atomic E-state index is -2.82. The molecular formula is C9H15O3P. The lowest BCUT2D eigenvalue weighted by Crippen LogP contribution is -2.30. The Labute approximate surface area is 79.3 Å². The van der Waals surface area contributed by atoms with E-state index in [1.165, 1.54) is 0 Å². The van der Waals surface area contributed by atoms with Gasteiger partial charge in [0.25, 0.3) is 0 Å². The first-order valence-corrected chi connectivity index (χ1v) is 6.40. The van der Waals surface area contributed by atoms with E-state index in [9.17, 15) is 4.89 Å². The zero-order valence-electron chi connectivity index (χ0n) is 7.70. The van der Waals surface area contributed by atoms with Crippen LogP contribution in [-0.2, 0) is 9.05 Å². The molecule has 0 N–H and O–H groups in total. The SMILES string of the molecule is C=C1CCCC1[P+]1([O-])OCCCO1. The van der Waals surface area contributed by atoms with E-state index in [-0.39, 0.29) is 5.66 Å². The van der Waals surface area contributed by atoms with E-state index in [1.807, 2.05) is 0 Å². The van der Waals surface area contributed by atoms with Crippen LogP contribution in [0.3, 0.4) is 0 Å². The van der Waals surface area contributed by atoms with E-state index in [0.29, 0.717) is 13.2 Å². The molecule has 1 heterocycles. The minimum absolute atomic E-state index is 0.0206. The maximum absolute atomic E-state index is 12.1. The van der Waals surface area contributed by atoms with Gasteiger partial charge in [-0.1, -0.05) is 6.58 Å². The normalized spacial score (nSPS) is 33.6. The summed E-state index contributed by atoms with van der Waals surface area (Å²) in [6, 6.07) is 0. The smallest absolute Gasteiger partial charge is 0.244 e. The quantitative estimate of drug-likeness (QED) is 0.479. The van der Waals surface area contributed by atoms with Crippen LogP contribution in [0.4, 0.5) is 0 Å². The molecule has 2 aliphatic rings. The molecule has 0 aromatic rings. The second-order valence-electron chi connectivity index (χ2n) is 3.63. The third-order valence-electron chi connectivity index (χ3n) is 2.66. The van der Waals surface area contributed by atoms with Gasteiger partial charge in [0.15, 0.2) is 0 Å². The first-order valence-electron chi connectivity index (χ1n) is 4.79. The largest absolute Gasteiger partial charge is 0.631 e. The molecule has 4 heteroatoms. The van der Waals surface area contributed by atoms with Crippen molar-refractivity contribution in [3.8, 4) is 0 Å². The van der Waals surface area contributed by atoms with Crippen LogP contribution < -0.4 is 4.89 Å². The molecule has 3 nitrogen and oxygen atoms in total. The summed E-state index contributed by atoms with van der Waals surface area (Å²) in [5.74, 6) is 0. The van der Waals surface area contributed by atoms with Crippen LogP contribution in [0.2, 0.25) is 0 Å². The number of hydrogen-bond acceptors (Lipinski definition) is 3. The highest BCUT2D eigenvalue weighted by Crippen LogP contribution is 2.64. The second kappa shape index (κ2) is 3.66. The monoisotopic (exact) mass is 202 g/mol. The Kier molecular flexibility index (Phi) is 2.70. The van der Waals surface area contributed by atoms with E-state index in [4.69, 9.17) is 9.05 Å². The Morgan fingerprint density at radius 1 is 1.31 bits per heavy atom. The molecule has 0 aromatic heterocycles. The van der Waals surface area contributed by atoms with Gasteiger partial charge in [-0.2, -0.15) is 0 Å². The molecule has 1 atom stereocenters. The second-order valence-corrected chi connectivity index (χ2v) is 5.85. The maximum Gasteiger partial charge on any atom is 0.244 e. The van der Waals surface area contributed by atoms with E-state index in [2.05, 4.69) is 6.58 Å². The summed E-state index contributed by atoms with van der Waals surface area (Å²) < 4.78 is 10.6. The first-order chi connectivity index (χ1) is 6.22. The van der Waals surface area contributed by atoms with E-state index < -0.39 is 7.94 Å². The van der Waals surface area contributed by atoms with E-state index in [1.54, 1.807) is 0 Å². The summed E-state index contributed by atoms with van der Waals surface area (Å²) in [6.45, 7) is 5.06. The minimum Gasteiger partial charge on any atom is -0.631 e. The van der Waals surface area contributed by atoms with Crippen molar-refractivity contribution in [3.05, 3.63) is 12.2 Å². The number of allylic oxidation sites excluding steroid dienone is 1. The van der Waals surface area contributed by atoms with Crippen molar-refractivity contribution >= 4 is 7.94 Å². The molecule has 2 rings (SSSR count). The van der Waals surface area contributed by atoms with Crippen molar-refractivity contribution in [1.29, 1.82) is 0 Å². The lowest BCUT2D eigenvalue weighted by Gasteiger charge is -2.35. The molecule has 0 radical (unpaired) electrons. The first kappa shape index (κ1) is 9.60. The summed E-state index contributed by atoms with van der Waals surface area (Å²) in [6.07, 6.45) is 3.81. The predicted octanol–water partition coefficient (Wildman–Crippen LogP) is 1.65. The van der Waals surface area contributed by atoms with Crippen molar-refractivity contribution in [3.63, 3.8) is 0 Å². The number of rotatable bonds is 1. The van der Waals surface area contributed by atoms with Gasteiger partial charge in [-0.25, -0.2) is 9.05 Å². The Hall–Kier alpha value is 0.0500. The van der Waals surface area contributed by atoms with Crippen molar-refractivity contribution < 1.29 is 13.9 Å². The topological polar surface area (TPSA) is 41.5 Å². The van der Waals surface area contributed by atoms with Crippen molar-refractivity contribution in [2.24, 2.45) is 0 Å². The highest BCUT2D eigenvalue weighted by Gasteiger charge is 2.46. The van der Waals surface area contributed by atoms with Gasteiger partial charge in [-0.05, 0) is 24.8 Å². The predicted molar refractivity (Wildman–Crippen MR) is 50.2 cm³/mol. The molecule has 1 unspecified atom stereocenters. The average molecular weight is 202 g/mol. The summed E-state index contributed by atoms with van der Waals surface area (Å²) in [5.41, 5.74) is 1.03. The zero-order valence-corrected chi connectivity index (χ0v) is 8.59. The third kappa shape index (κ3) is 1.79. The van der Waals surface area contributed by atoms with Crippen LogP contribution in [0.5, 0.6) is 0 Å². The van der Waals surface area contributed by atoms with Crippen molar-refractivity contribution in [2.45, 2.75) is 31.3 Å². The molecule has 0 amide bonds. The Balaban J connectivity index is 2.07. The Bertz CT molecular complexity index is 211. The summed E-state index contributed by atoms with van der Waals surface area (Å²) in [4.78, 5) is 12.1. The number of hydrogen-bond donors (Lipinski definition) is 0. The third-order valence-corrected chi connectivity index (χ3v) is 5.13. The summed E-state index contributed by atoms with van der Waals surface area (Å²) >= 11 is 0. The van der Waals surface area contributed by atoms with Crippen LogP contribution in [0, 0.1) is 0 Å². The van der Waals surface area contributed by atoms with Crippen LogP contribution in [0.1, 0.15) is 25.7 Å². The fourth-order valence-electron chi connectivity index (χ4n) is 1.93. The van der Waals surface area contributed by atoms with E-state index in [0.717, 1.165) is 31.3 Å². The molecule has 13 heavy (non-hydrogen) atoms. The van der Waals surface area contributed by atoms with Crippen LogP contribution in [0.15, 0.2) is 12.2 Å². The molecule has 0 spiro atoms. The van der Waals surface area contributed by atoms with Gasteiger partial charge in [-0.3, -0.25) is 0 Å². The molecule has 2 fully saturated rings. The highest BCUT2D eigenvalue weighted by molar-refractivity contribution is 7.60. The van der Waals surface area contributed by atoms with Crippen LogP contribution in [-0.4, -0.2) is 18.9 Å². The lowest BCUT2D eigenvalue weighted by atomic mass is 10.3. The molecule has 0 bridgehead atoms. The Morgan fingerprint density at radius 3 is 2.54 bits per heavy atom. The molecule has 0 aromatic carbocycles. The van der Waals surface area contributed by atoms with Gasteiger partial charge in [0.05, 0.1) is 13.2 Å². The van der Waals surface area contributed by atoms with Gasteiger partial charge in [0.1, 0.15) is 5.66 Å². The van der Waals surface area contributed by atoms with Gasteiger partial charge in [-0.15, -0.1) is 0 Å². The van der Waals surface area contributed by atoms with Crippen LogP contribution in [0.25, 0.3) is 0 Å². The Morgan fingerprint density at radius 2 is 2.00 bits per heavy atom. The average Bonchev–Trinajstić information content (AvgIpc) is 2.53. The lowest BCUT2D eigenvalue weighted by molar-refractivity contribution is -0.226. The molecular weight excluding hydrogens is 187 g/mol. The molecule has 74 valence electrons. The highest BCUT2D eigenvalue weighted by atomic mass is 31.2.